The molecule has 132 valence electrons. The van der Waals surface area contributed by atoms with Crippen molar-refractivity contribution in [3.8, 4) is 11.5 Å². The lowest BCUT2D eigenvalue weighted by atomic mass is 9.82. The van der Waals surface area contributed by atoms with E-state index in [0.29, 0.717) is 0 Å². The largest absolute Gasteiger partial charge is 0.497 e. The van der Waals surface area contributed by atoms with E-state index in [1.807, 2.05) is 24.3 Å². The van der Waals surface area contributed by atoms with Crippen LogP contribution in [-0.4, -0.2) is 14.2 Å². The van der Waals surface area contributed by atoms with E-state index in [2.05, 4.69) is 65.8 Å². The van der Waals surface area contributed by atoms with Crippen molar-refractivity contribution in [1.29, 1.82) is 0 Å². The summed E-state index contributed by atoms with van der Waals surface area (Å²) in [6.07, 6.45) is 0. The smallest absolute Gasteiger partial charge is 0.119 e. The second kappa shape index (κ2) is 8.23. The van der Waals surface area contributed by atoms with Crippen molar-refractivity contribution < 1.29 is 9.47 Å². The topological polar surface area (TPSA) is 18.5 Å². The predicted octanol–water partition coefficient (Wildman–Crippen LogP) is 5.99. The van der Waals surface area contributed by atoms with Gasteiger partial charge >= 0.3 is 0 Å². The van der Waals surface area contributed by atoms with Gasteiger partial charge in [0.1, 0.15) is 11.5 Å². The molecule has 0 saturated carbocycles. The number of rotatable bonds is 2. The van der Waals surface area contributed by atoms with Crippen molar-refractivity contribution in [3.05, 3.63) is 59.7 Å². The van der Waals surface area contributed by atoms with Gasteiger partial charge in [-0.2, -0.15) is 0 Å². The van der Waals surface area contributed by atoms with Crippen LogP contribution in [0.5, 0.6) is 11.5 Å². The molecule has 0 aliphatic rings. The van der Waals surface area contributed by atoms with Crippen LogP contribution in [0.1, 0.15) is 52.7 Å². The van der Waals surface area contributed by atoms with Crippen molar-refractivity contribution in [2.24, 2.45) is 0 Å². The zero-order chi connectivity index (χ0) is 18.4. The Bertz CT molecular complexity index is 540. The van der Waals surface area contributed by atoms with Gasteiger partial charge in [-0.3, -0.25) is 0 Å². The van der Waals surface area contributed by atoms with E-state index in [-0.39, 0.29) is 10.8 Å². The molecule has 0 atom stereocenters. The van der Waals surface area contributed by atoms with Crippen LogP contribution in [0.15, 0.2) is 48.5 Å². The predicted molar refractivity (Wildman–Crippen MR) is 103 cm³/mol. The number of hydrogen-bond acceptors (Lipinski definition) is 2. The SMILES string of the molecule is CC(C)(C)c1ccc(C(C)(C)C)cc1.COc1ccc(OC)cc1. The maximum atomic E-state index is 4.96. The summed E-state index contributed by atoms with van der Waals surface area (Å²) < 4.78 is 9.92. The van der Waals surface area contributed by atoms with Gasteiger partial charge < -0.3 is 9.47 Å². The number of hydrogen-bond donors (Lipinski definition) is 0. The van der Waals surface area contributed by atoms with E-state index in [4.69, 9.17) is 9.47 Å². The number of ether oxygens (including phenoxy) is 2. The molecule has 2 rings (SSSR count). The third-order valence-corrected chi connectivity index (χ3v) is 3.91. The summed E-state index contributed by atoms with van der Waals surface area (Å²) >= 11 is 0. The van der Waals surface area contributed by atoms with Gasteiger partial charge in [0.15, 0.2) is 0 Å². The molecule has 0 amide bonds. The Labute approximate surface area is 147 Å². The zero-order valence-corrected chi connectivity index (χ0v) is 16.4. The van der Waals surface area contributed by atoms with Gasteiger partial charge in [-0.25, -0.2) is 0 Å². The first-order valence-corrected chi connectivity index (χ1v) is 8.37. The summed E-state index contributed by atoms with van der Waals surface area (Å²) in [5.41, 5.74) is 3.34. The van der Waals surface area contributed by atoms with Gasteiger partial charge in [-0.05, 0) is 46.2 Å². The first-order chi connectivity index (χ1) is 11.1. The molecule has 0 spiro atoms. The minimum Gasteiger partial charge on any atom is -0.497 e. The summed E-state index contributed by atoms with van der Waals surface area (Å²) in [5.74, 6) is 1.70. The Balaban J connectivity index is 0.000000254. The molecule has 0 unspecified atom stereocenters. The third-order valence-electron chi connectivity index (χ3n) is 3.91. The van der Waals surface area contributed by atoms with Crippen LogP contribution in [0.2, 0.25) is 0 Å². The second-order valence-electron chi connectivity index (χ2n) is 7.96. The lowest BCUT2D eigenvalue weighted by molar-refractivity contribution is 0.403. The maximum Gasteiger partial charge on any atom is 0.119 e. The van der Waals surface area contributed by atoms with E-state index >= 15 is 0 Å². The highest BCUT2D eigenvalue weighted by atomic mass is 16.5. The highest BCUT2D eigenvalue weighted by molar-refractivity contribution is 5.31. The average Bonchev–Trinajstić information content (AvgIpc) is 2.54. The molecular weight excluding hydrogens is 296 g/mol. The van der Waals surface area contributed by atoms with Crippen molar-refractivity contribution >= 4 is 0 Å². The van der Waals surface area contributed by atoms with Crippen LogP contribution in [-0.2, 0) is 10.8 Å². The van der Waals surface area contributed by atoms with Crippen LogP contribution >= 0.6 is 0 Å². The fraction of sp³-hybridized carbons (Fsp3) is 0.455. The Morgan fingerprint density at radius 1 is 0.500 bits per heavy atom. The van der Waals surface area contributed by atoms with E-state index in [1.165, 1.54) is 11.1 Å². The lowest BCUT2D eigenvalue weighted by Crippen LogP contribution is -2.14. The van der Waals surface area contributed by atoms with Crippen molar-refractivity contribution in [2.75, 3.05) is 14.2 Å². The number of benzene rings is 2. The van der Waals surface area contributed by atoms with Gasteiger partial charge in [0.25, 0.3) is 0 Å². The molecule has 2 aromatic carbocycles. The van der Waals surface area contributed by atoms with Crippen LogP contribution in [0, 0.1) is 0 Å². The molecule has 0 heterocycles. The van der Waals surface area contributed by atoms with Gasteiger partial charge in [-0.15, -0.1) is 0 Å². The quantitative estimate of drug-likeness (QED) is 0.674. The van der Waals surface area contributed by atoms with Crippen LogP contribution in [0.4, 0.5) is 0 Å². The molecular formula is C22H32O2. The molecule has 0 aliphatic heterocycles. The summed E-state index contributed by atoms with van der Waals surface area (Å²) in [6.45, 7) is 13.5. The summed E-state index contributed by atoms with van der Waals surface area (Å²) in [6, 6.07) is 16.4. The molecule has 0 radical (unpaired) electrons. The fourth-order valence-electron chi connectivity index (χ4n) is 2.18. The van der Waals surface area contributed by atoms with E-state index in [1.54, 1.807) is 14.2 Å². The molecule has 0 aliphatic carbocycles. The van der Waals surface area contributed by atoms with E-state index in [0.717, 1.165) is 11.5 Å². The minimum absolute atomic E-state index is 0.260. The summed E-state index contributed by atoms with van der Waals surface area (Å²) in [5, 5.41) is 0. The molecule has 0 N–H and O–H groups in total. The monoisotopic (exact) mass is 328 g/mol. The molecule has 0 saturated heterocycles. The Morgan fingerprint density at radius 3 is 0.917 bits per heavy atom. The molecule has 2 heteroatoms. The first kappa shape index (κ1) is 20.1. The standard InChI is InChI=1S/C14H22.C8H10O2/c1-13(2,3)11-7-9-12(10-8-11)14(4,5)6;1-9-7-3-5-8(10-2)6-4-7/h7-10H,1-6H3;3-6H,1-2H3. The van der Waals surface area contributed by atoms with Crippen LogP contribution in [0.3, 0.4) is 0 Å². The Kier molecular flexibility index (Phi) is 6.89. The molecule has 0 aromatic heterocycles. The third kappa shape index (κ3) is 6.27. The van der Waals surface area contributed by atoms with Gasteiger partial charge in [0, 0.05) is 0 Å². The highest BCUT2D eigenvalue weighted by Crippen LogP contribution is 2.26. The highest BCUT2D eigenvalue weighted by Gasteiger charge is 2.16. The fourth-order valence-corrected chi connectivity index (χ4v) is 2.18. The van der Waals surface area contributed by atoms with Crippen molar-refractivity contribution in [1.82, 2.24) is 0 Å². The van der Waals surface area contributed by atoms with E-state index in [9.17, 15) is 0 Å². The second-order valence-corrected chi connectivity index (χ2v) is 7.96. The van der Waals surface area contributed by atoms with E-state index < -0.39 is 0 Å². The van der Waals surface area contributed by atoms with Crippen LogP contribution in [0.25, 0.3) is 0 Å². The summed E-state index contributed by atoms with van der Waals surface area (Å²) in [4.78, 5) is 0. The summed E-state index contributed by atoms with van der Waals surface area (Å²) in [7, 11) is 3.28. The molecule has 0 fully saturated rings. The Morgan fingerprint density at radius 2 is 0.750 bits per heavy atom. The van der Waals surface area contributed by atoms with Crippen LogP contribution < -0.4 is 9.47 Å². The lowest BCUT2D eigenvalue weighted by Gasteiger charge is -2.23. The molecule has 2 nitrogen and oxygen atoms in total. The molecule has 0 bridgehead atoms. The normalized spacial score (nSPS) is 11.3. The van der Waals surface area contributed by atoms with Gasteiger partial charge in [-0.1, -0.05) is 65.8 Å². The average molecular weight is 328 g/mol. The molecule has 2 aromatic rings. The van der Waals surface area contributed by atoms with Gasteiger partial charge in [0.2, 0.25) is 0 Å². The maximum absolute atomic E-state index is 4.96. The van der Waals surface area contributed by atoms with Gasteiger partial charge in [0.05, 0.1) is 14.2 Å². The number of methoxy groups -OCH3 is 2. The molecule has 24 heavy (non-hydrogen) atoms. The van der Waals surface area contributed by atoms with Crippen molar-refractivity contribution in [3.63, 3.8) is 0 Å². The minimum atomic E-state index is 0.260. The Hall–Kier alpha value is -1.96. The van der Waals surface area contributed by atoms with Crippen molar-refractivity contribution in [2.45, 2.75) is 52.4 Å². The first-order valence-electron chi connectivity index (χ1n) is 8.37. The zero-order valence-electron chi connectivity index (χ0n) is 16.4.